The second kappa shape index (κ2) is 15.5. The van der Waals surface area contributed by atoms with Gasteiger partial charge in [-0.15, -0.1) is 0 Å². The number of benzene rings is 1. The second-order valence-corrected chi connectivity index (χ2v) is 14.1. The normalized spacial score (nSPS) is 19.4. The number of anilines is 1. The molecule has 2 aromatic heterocycles. The predicted molar refractivity (Wildman–Crippen MR) is 182 cm³/mol. The van der Waals surface area contributed by atoms with Crippen LogP contribution in [0.4, 0.5) is 5.95 Å². The molecule has 15 nitrogen and oxygen atoms in total. The summed E-state index contributed by atoms with van der Waals surface area (Å²) in [6.07, 6.45) is 3.31. The monoisotopic (exact) mass is 687 g/mol. The van der Waals surface area contributed by atoms with Gasteiger partial charge < -0.3 is 30.6 Å². The van der Waals surface area contributed by atoms with Gasteiger partial charge in [-0.1, -0.05) is 53.2 Å². The number of hydrogen-bond acceptors (Lipinski definition) is 12. The van der Waals surface area contributed by atoms with E-state index in [0.29, 0.717) is 29.8 Å². The fourth-order valence-corrected chi connectivity index (χ4v) is 6.34. The lowest BCUT2D eigenvalue weighted by Gasteiger charge is -2.23. The van der Waals surface area contributed by atoms with Crippen LogP contribution in [-0.4, -0.2) is 68.0 Å². The Kier molecular flexibility index (Phi) is 11.8. The molecule has 2 heterocycles. The zero-order valence-electron chi connectivity index (χ0n) is 28.1. The summed E-state index contributed by atoms with van der Waals surface area (Å²) in [5, 5.41) is 12.9. The van der Waals surface area contributed by atoms with Crippen LogP contribution in [0.5, 0.6) is 5.75 Å². The number of nitrogens with one attached hydrogen (secondary N) is 2. The van der Waals surface area contributed by atoms with E-state index in [1.54, 1.807) is 36.7 Å². The molecule has 0 amide bonds. The van der Waals surface area contributed by atoms with Crippen LogP contribution in [0.3, 0.4) is 0 Å². The number of H-pyrrole nitrogens is 1. The maximum Gasteiger partial charge on any atom is 0.324 e. The topological polar surface area (TPSA) is 227 Å². The van der Waals surface area contributed by atoms with Crippen LogP contribution in [0, 0.1) is 17.3 Å². The summed E-state index contributed by atoms with van der Waals surface area (Å²) < 4.78 is 31.8. The van der Waals surface area contributed by atoms with Crippen molar-refractivity contribution in [2.24, 2.45) is 23.0 Å². The summed E-state index contributed by atoms with van der Waals surface area (Å²) in [5.41, 5.74) is 11.8. The van der Waals surface area contributed by atoms with Gasteiger partial charge >= 0.3 is 11.9 Å². The molecular weight excluding hydrogens is 641 g/mol. The average Bonchev–Trinajstić information content (AvgIpc) is 3.58. The number of phenolic OH excluding ortho intramolecular Hbond substituents is 1. The number of ether oxygens (including phenoxy) is 2. The molecule has 1 aliphatic rings. The van der Waals surface area contributed by atoms with E-state index in [9.17, 15) is 24.1 Å². The van der Waals surface area contributed by atoms with E-state index < -0.39 is 43.2 Å². The van der Waals surface area contributed by atoms with Gasteiger partial charge in [0.1, 0.15) is 30.3 Å². The highest BCUT2D eigenvalue weighted by Gasteiger charge is 2.51. The number of fused-ring (bicyclic) bond motifs is 1. The van der Waals surface area contributed by atoms with E-state index in [4.69, 9.17) is 25.5 Å². The summed E-state index contributed by atoms with van der Waals surface area (Å²) in [5.74, 6) is -1.35. The lowest BCUT2D eigenvalue weighted by molar-refractivity contribution is -0.152. The van der Waals surface area contributed by atoms with Gasteiger partial charge in [0.25, 0.3) is 13.7 Å². The molecule has 3 aromatic rings. The number of phenols is 1. The minimum Gasteiger partial charge on any atom is -0.508 e. The maximum absolute atomic E-state index is 13.2. The Morgan fingerprint density at radius 1 is 1.17 bits per heavy atom. The molecule has 0 aliphatic heterocycles. The SMILES string of the molecule is CCC[C@H](C)OC(=O)[C@@H](N[PH](=O)OC[C@@]1(COC(=O)[C@H](N)C(C)C)C/C1=C/n1c(-c2cccc(O)c2)nc2c(=O)[nH]c(N)nc21)C(C)C. The number of imidazole rings is 1. The van der Waals surface area contributed by atoms with Gasteiger partial charge in [0.2, 0.25) is 5.95 Å². The zero-order valence-corrected chi connectivity index (χ0v) is 29.1. The van der Waals surface area contributed by atoms with Crippen LogP contribution < -0.4 is 22.1 Å². The number of aromatic nitrogens is 4. The quantitative estimate of drug-likeness (QED) is 0.107. The Hall–Kier alpha value is -4.04. The summed E-state index contributed by atoms with van der Waals surface area (Å²) in [4.78, 5) is 49.6. The molecule has 0 saturated heterocycles. The summed E-state index contributed by atoms with van der Waals surface area (Å²) in [6, 6.07) is 4.63. The molecule has 4 rings (SSSR count). The molecule has 262 valence electrons. The van der Waals surface area contributed by atoms with Crippen molar-refractivity contribution >= 4 is 43.4 Å². The van der Waals surface area contributed by atoms with Crippen LogP contribution >= 0.6 is 8.18 Å². The molecule has 5 atom stereocenters. The number of aromatic hydroxyl groups is 1. The van der Waals surface area contributed by atoms with Crippen LogP contribution in [0.15, 0.2) is 34.6 Å². The van der Waals surface area contributed by atoms with Gasteiger partial charge in [0.05, 0.1) is 18.1 Å². The van der Waals surface area contributed by atoms with Crippen molar-refractivity contribution in [1.82, 2.24) is 24.6 Å². The zero-order chi connectivity index (χ0) is 35.3. The third-order valence-corrected chi connectivity index (χ3v) is 9.16. The summed E-state index contributed by atoms with van der Waals surface area (Å²) >= 11 is 0. The molecule has 1 saturated carbocycles. The highest BCUT2D eigenvalue weighted by Crippen LogP contribution is 2.54. The number of nitrogens with zero attached hydrogens (tertiary/aromatic N) is 3. The molecule has 48 heavy (non-hydrogen) atoms. The first-order valence-electron chi connectivity index (χ1n) is 16.0. The lowest BCUT2D eigenvalue weighted by Crippen LogP contribution is -2.40. The Balaban J connectivity index is 1.65. The molecule has 1 unspecified atom stereocenters. The molecule has 0 spiro atoms. The average molecular weight is 688 g/mol. The van der Waals surface area contributed by atoms with E-state index in [1.165, 1.54) is 12.1 Å². The molecule has 7 N–H and O–H groups in total. The van der Waals surface area contributed by atoms with Crippen LogP contribution in [-0.2, 0) is 28.2 Å². The number of aromatic amines is 1. The molecule has 1 fully saturated rings. The van der Waals surface area contributed by atoms with Gasteiger partial charge in [-0.2, -0.15) is 4.98 Å². The van der Waals surface area contributed by atoms with Crippen molar-refractivity contribution in [3.8, 4) is 17.1 Å². The fraction of sp³-hybridized carbons (Fsp3) is 0.531. The summed E-state index contributed by atoms with van der Waals surface area (Å²) in [6.45, 7) is 10.8. The van der Waals surface area contributed by atoms with Gasteiger partial charge in [-0.3, -0.25) is 28.5 Å². The number of hydrogen-bond donors (Lipinski definition) is 5. The Labute approximate surface area is 279 Å². The van der Waals surface area contributed by atoms with Gasteiger partial charge in [-0.25, -0.2) is 10.1 Å². The Bertz CT molecular complexity index is 1750. The van der Waals surface area contributed by atoms with Crippen LogP contribution in [0.1, 0.15) is 60.8 Å². The number of nitrogen functional groups attached to an aromatic ring is 1. The van der Waals surface area contributed by atoms with E-state index in [2.05, 4.69) is 20.0 Å². The molecular formula is C32H46N7O8P. The van der Waals surface area contributed by atoms with Crippen molar-refractivity contribution in [2.75, 3.05) is 18.9 Å². The number of rotatable bonds is 16. The van der Waals surface area contributed by atoms with Gasteiger partial charge in [0.15, 0.2) is 11.2 Å². The van der Waals surface area contributed by atoms with E-state index >= 15 is 0 Å². The highest BCUT2D eigenvalue weighted by atomic mass is 31.1. The number of carbonyl (C=O) groups is 2. The highest BCUT2D eigenvalue weighted by molar-refractivity contribution is 7.36. The van der Waals surface area contributed by atoms with Crippen molar-refractivity contribution in [3.63, 3.8) is 0 Å². The number of carbonyl (C=O) groups excluding carboxylic acids is 2. The van der Waals surface area contributed by atoms with Crippen LogP contribution in [0.2, 0.25) is 0 Å². The minimum absolute atomic E-state index is 0.0104. The third kappa shape index (κ3) is 8.70. The standard InChI is InChI=1S/C32H46N7O8P/c1-7-9-19(6)47-30(43)24(18(4)5)38-48(44)46-16-32(15-45-29(42)23(33)17(2)3)13-21(32)14-39-26(20-10-8-11-22(40)12-20)35-25-27(39)36-31(34)37-28(25)41/h8,10-12,14,17-19,23-24,40,48H,7,9,13,15-16,33H2,1-6H3,(H,38,44)(H3,34,36,37,41)/b21-14-/t19-,23+,24-,32-/m0/s1. The van der Waals surface area contributed by atoms with Crippen molar-refractivity contribution in [1.29, 1.82) is 0 Å². The molecule has 0 bridgehead atoms. The third-order valence-electron chi connectivity index (χ3n) is 8.21. The first-order valence-corrected chi connectivity index (χ1v) is 17.3. The molecule has 1 aromatic carbocycles. The lowest BCUT2D eigenvalue weighted by atomic mass is 10.1. The second-order valence-electron chi connectivity index (χ2n) is 12.9. The van der Waals surface area contributed by atoms with Crippen LogP contribution in [0.25, 0.3) is 28.8 Å². The van der Waals surface area contributed by atoms with Crippen molar-refractivity contribution in [3.05, 3.63) is 40.2 Å². The largest absolute Gasteiger partial charge is 0.508 e. The maximum atomic E-state index is 13.2. The molecule has 16 heteroatoms. The Morgan fingerprint density at radius 2 is 1.90 bits per heavy atom. The first kappa shape index (κ1) is 36.8. The summed E-state index contributed by atoms with van der Waals surface area (Å²) in [7, 11) is -2.98. The van der Waals surface area contributed by atoms with Gasteiger partial charge in [-0.05, 0) is 49.3 Å². The van der Waals surface area contributed by atoms with Gasteiger partial charge in [0, 0.05) is 11.8 Å². The van der Waals surface area contributed by atoms with Crippen molar-refractivity contribution in [2.45, 2.75) is 79.0 Å². The van der Waals surface area contributed by atoms with E-state index in [1.807, 2.05) is 27.7 Å². The molecule has 1 aliphatic carbocycles. The Morgan fingerprint density at radius 3 is 2.54 bits per heavy atom. The van der Waals surface area contributed by atoms with E-state index in [-0.39, 0.29) is 54.0 Å². The van der Waals surface area contributed by atoms with Crippen molar-refractivity contribution < 1.29 is 33.3 Å². The molecule has 0 radical (unpaired) electrons. The number of nitrogens with two attached hydrogens (primary N) is 2. The minimum atomic E-state index is -2.98. The smallest absolute Gasteiger partial charge is 0.324 e. The number of esters is 2. The predicted octanol–water partition coefficient (Wildman–Crippen LogP) is 3.58. The van der Waals surface area contributed by atoms with E-state index in [0.717, 1.165) is 6.42 Å². The fourth-order valence-electron chi connectivity index (χ4n) is 5.14. The first-order chi connectivity index (χ1) is 22.6.